The number of methoxy groups -OCH3 is 1. The SMILES string of the molecule is COCc1ccccc1C(CN)N(C)Cc1cscn1. The molecule has 1 unspecified atom stereocenters. The Bertz CT molecular complexity index is 516. The predicted molar refractivity (Wildman–Crippen MR) is 82.5 cm³/mol. The molecule has 1 atom stereocenters. The molecule has 0 fully saturated rings. The molecule has 1 heterocycles. The molecule has 0 saturated carbocycles. The second kappa shape index (κ2) is 7.50. The summed E-state index contributed by atoms with van der Waals surface area (Å²) >= 11 is 1.62. The Labute approximate surface area is 124 Å². The van der Waals surface area contributed by atoms with Gasteiger partial charge in [-0.3, -0.25) is 4.90 Å². The Morgan fingerprint density at radius 2 is 2.20 bits per heavy atom. The van der Waals surface area contributed by atoms with Crippen molar-refractivity contribution in [2.24, 2.45) is 5.73 Å². The van der Waals surface area contributed by atoms with Gasteiger partial charge < -0.3 is 10.5 Å². The summed E-state index contributed by atoms with van der Waals surface area (Å²) < 4.78 is 5.28. The zero-order chi connectivity index (χ0) is 14.4. The van der Waals surface area contributed by atoms with Gasteiger partial charge in [0.1, 0.15) is 0 Å². The van der Waals surface area contributed by atoms with Gasteiger partial charge in [-0.15, -0.1) is 11.3 Å². The molecule has 0 saturated heterocycles. The highest BCUT2D eigenvalue weighted by Crippen LogP contribution is 2.24. The molecule has 1 aromatic carbocycles. The molecular formula is C15H21N3OS. The number of aromatic nitrogens is 1. The number of thiazole rings is 1. The average molecular weight is 291 g/mol. The minimum atomic E-state index is 0.169. The Morgan fingerprint density at radius 3 is 2.85 bits per heavy atom. The molecule has 2 N–H and O–H groups in total. The van der Waals surface area contributed by atoms with Crippen molar-refractivity contribution in [3.63, 3.8) is 0 Å². The number of hydrogen-bond donors (Lipinski definition) is 1. The van der Waals surface area contributed by atoms with E-state index in [1.165, 1.54) is 11.1 Å². The molecule has 0 aliphatic rings. The molecule has 0 amide bonds. The van der Waals surface area contributed by atoms with E-state index in [1.54, 1.807) is 18.4 Å². The molecule has 5 heteroatoms. The van der Waals surface area contributed by atoms with E-state index < -0.39 is 0 Å². The molecule has 0 aliphatic heterocycles. The van der Waals surface area contributed by atoms with Crippen LogP contribution < -0.4 is 5.73 Å². The van der Waals surface area contributed by atoms with Crippen molar-refractivity contribution in [2.75, 3.05) is 20.7 Å². The van der Waals surface area contributed by atoms with Crippen LogP contribution in [0, 0.1) is 0 Å². The first-order chi connectivity index (χ1) is 9.76. The van der Waals surface area contributed by atoms with Gasteiger partial charge in [-0.05, 0) is 18.2 Å². The number of benzene rings is 1. The van der Waals surface area contributed by atoms with Crippen LogP contribution in [0.5, 0.6) is 0 Å². The van der Waals surface area contributed by atoms with Gasteiger partial charge in [0.2, 0.25) is 0 Å². The Hall–Kier alpha value is -1.27. The maximum atomic E-state index is 6.00. The maximum absolute atomic E-state index is 6.00. The highest BCUT2D eigenvalue weighted by atomic mass is 32.1. The van der Waals surface area contributed by atoms with Gasteiger partial charge >= 0.3 is 0 Å². The molecule has 108 valence electrons. The largest absolute Gasteiger partial charge is 0.380 e. The fourth-order valence-corrected chi connectivity index (χ4v) is 2.92. The third kappa shape index (κ3) is 3.64. The lowest BCUT2D eigenvalue weighted by Gasteiger charge is -2.28. The zero-order valence-corrected chi connectivity index (χ0v) is 12.8. The Balaban J connectivity index is 2.18. The summed E-state index contributed by atoms with van der Waals surface area (Å²) in [5.74, 6) is 0. The Kier molecular flexibility index (Phi) is 5.67. The van der Waals surface area contributed by atoms with Gasteiger partial charge in [-0.2, -0.15) is 0 Å². The number of hydrogen-bond acceptors (Lipinski definition) is 5. The number of likely N-dealkylation sites (N-methyl/N-ethyl adjacent to an activating group) is 1. The van der Waals surface area contributed by atoms with Crippen molar-refractivity contribution in [1.29, 1.82) is 0 Å². The van der Waals surface area contributed by atoms with E-state index in [1.807, 2.05) is 17.6 Å². The van der Waals surface area contributed by atoms with E-state index >= 15 is 0 Å². The fraction of sp³-hybridized carbons (Fsp3) is 0.400. The minimum Gasteiger partial charge on any atom is -0.380 e. The first kappa shape index (κ1) is 15.1. The van der Waals surface area contributed by atoms with Crippen molar-refractivity contribution in [3.05, 3.63) is 52.0 Å². The summed E-state index contributed by atoms with van der Waals surface area (Å²) in [4.78, 5) is 6.58. The number of nitrogens with zero attached hydrogens (tertiary/aromatic N) is 2. The highest BCUT2D eigenvalue weighted by molar-refractivity contribution is 7.07. The van der Waals surface area contributed by atoms with Crippen molar-refractivity contribution < 1.29 is 4.74 Å². The smallest absolute Gasteiger partial charge is 0.0795 e. The van der Waals surface area contributed by atoms with Gasteiger partial charge in [-0.25, -0.2) is 4.98 Å². The first-order valence-corrected chi connectivity index (χ1v) is 7.54. The zero-order valence-electron chi connectivity index (χ0n) is 12.0. The van der Waals surface area contributed by atoms with Crippen LogP contribution in [0.25, 0.3) is 0 Å². The summed E-state index contributed by atoms with van der Waals surface area (Å²) in [5.41, 5.74) is 11.4. The highest BCUT2D eigenvalue weighted by Gasteiger charge is 2.19. The molecule has 0 aliphatic carbocycles. The summed E-state index contributed by atoms with van der Waals surface area (Å²) in [6, 6.07) is 8.48. The summed E-state index contributed by atoms with van der Waals surface area (Å²) in [5, 5.41) is 2.07. The quantitative estimate of drug-likeness (QED) is 0.851. The molecule has 1 aromatic heterocycles. The van der Waals surface area contributed by atoms with Crippen LogP contribution >= 0.6 is 11.3 Å². The van der Waals surface area contributed by atoms with Gasteiger partial charge in [0, 0.05) is 31.6 Å². The van der Waals surface area contributed by atoms with Crippen molar-refractivity contribution in [3.8, 4) is 0 Å². The Morgan fingerprint density at radius 1 is 1.40 bits per heavy atom. The molecule has 2 aromatic rings. The number of rotatable bonds is 7. The predicted octanol–water partition coefficient (Wildman–Crippen LogP) is 2.42. The molecule has 0 radical (unpaired) electrons. The van der Waals surface area contributed by atoms with Crippen molar-refractivity contribution in [1.82, 2.24) is 9.88 Å². The van der Waals surface area contributed by atoms with Crippen LogP contribution in [-0.4, -0.2) is 30.6 Å². The number of nitrogens with two attached hydrogens (primary N) is 1. The van der Waals surface area contributed by atoms with E-state index in [-0.39, 0.29) is 6.04 Å². The lowest BCUT2D eigenvalue weighted by atomic mass is 9.99. The van der Waals surface area contributed by atoms with Crippen LogP contribution in [0.3, 0.4) is 0 Å². The first-order valence-electron chi connectivity index (χ1n) is 6.60. The van der Waals surface area contributed by atoms with Crippen LogP contribution in [0.4, 0.5) is 0 Å². The maximum Gasteiger partial charge on any atom is 0.0795 e. The van der Waals surface area contributed by atoms with E-state index in [2.05, 4.69) is 34.4 Å². The fourth-order valence-electron chi connectivity index (χ4n) is 2.37. The number of ether oxygens (including phenoxy) is 1. The molecule has 4 nitrogen and oxygen atoms in total. The summed E-state index contributed by atoms with van der Waals surface area (Å²) in [6.07, 6.45) is 0. The summed E-state index contributed by atoms with van der Waals surface area (Å²) in [6.45, 7) is 1.98. The van der Waals surface area contributed by atoms with Crippen LogP contribution in [0.2, 0.25) is 0 Å². The van der Waals surface area contributed by atoms with Gasteiger partial charge in [0.05, 0.1) is 17.8 Å². The molecule has 0 bridgehead atoms. The second-order valence-corrected chi connectivity index (χ2v) is 5.50. The van der Waals surface area contributed by atoms with Gasteiger partial charge in [0.15, 0.2) is 0 Å². The average Bonchev–Trinajstić information content (AvgIpc) is 2.94. The summed E-state index contributed by atoms with van der Waals surface area (Å²) in [7, 11) is 3.80. The topological polar surface area (TPSA) is 51.4 Å². The molecular weight excluding hydrogens is 270 g/mol. The van der Waals surface area contributed by atoms with E-state index in [0.29, 0.717) is 13.2 Å². The van der Waals surface area contributed by atoms with Crippen LogP contribution in [0.1, 0.15) is 22.9 Å². The van der Waals surface area contributed by atoms with E-state index in [0.717, 1.165) is 12.2 Å². The van der Waals surface area contributed by atoms with Gasteiger partial charge in [0.25, 0.3) is 0 Å². The monoisotopic (exact) mass is 291 g/mol. The third-order valence-electron chi connectivity index (χ3n) is 3.36. The third-order valence-corrected chi connectivity index (χ3v) is 4.00. The van der Waals surface area contributed by atoms with Gasteiger partial charge in [-0.1, -0.05) is 24.3 Å². The lowest BCUT2D eigenvalue weighted by molar-refractivity contribution is 0.179. The molecule has 0 spiro atoms. The van der Waals surface area contributed by atoms with Crippen molar-refractivity contribution >= 4 is 11.3 Å². The van der Waals surface area contributed by atoms with E-state index in [9.17, 15) is 0 Å². The molecule has 20 heavy (non-hydrogen) atoms. The minimum absolute atomic E-state index is 0.169. The van der Waals surface area contributed by atoms with Crippen LogP contribution in [-0.2, 0) is 17.9 Å². The van der Waals surface area contributed by atoms with E-state index in [4.69, 9.17) is 10.5 Å². The second-order valence-electron chi connectivity index (χ2n) is 4.78. The normalized spacial score (nSPS) is 12.8. The standard InChI is InChI=1S/C15H21N3OS/c1-18(8-13-10-20-11-17-13)15(7-16)14-6-4-3-5-12(14)9-19-2/h3-6,10-11,15H,7-9,16H2,1-2H3. The van der Waals surface area contributed by atoms with Crippen molar-refractivity contribution in [2.45, 2.75) is 19.2 Å². The molecule has 2 rings (SSSR count). The lowest BCUT2D eigenvalue weighted by Crippen LogP contribution is -2.31. The van der Waals surface area contributed by atoms with Crippen LogP contribution in [0.15, 0.2) is 35.2 Å².